The van der Waals surface area contributed by atoms with E-state index in [-0.39, 0.29) is 17.3 Å². The third kappa shape index (κ3) is 4.02. The summed E-state index contributed by atoms with van der Waals surface area (Å²) in [6.45, 7) is 3.71. The zero-order valence-electron chi connectivity index (χ0n) is 16.7. The lowest BCUT2D eigenvalue weighted by Crippen LogP contribution is -2.54. The van der Waals surface area contributed by atoms with Crippen LogP contribution in [0.1, 0.15) is 16.7 Å². The second-order valence-corrected chi connectivity index (χ2v) is 6.92. The van der Waals surface area contributed by atoms with Crippen LogP contribution in [0.2, 0.25) is 0 Å². The number of carbonyl (C=O) groups is 2. The van der Waals surface area contributed by atoms with Crippen molar-refractivity contribution in [2.45, 2.75) is 13.8 Å². The number of rotatable bonds is 5. The minimum absolute atomic E-state index is 0.0358. The van der Waals surface area contributed by atoms with Crippen LogP contribution in [0.4, 0.5) is 5.69 Å². The maximum absolute atomic E-state index is 13.2. The first-order valence-corrected chi connectivity index (χ1v) is 9.43. The van der Waals surface area contributed by atoms with Crippen molar-refractivity contribution in [3.8, 4) is 17.6 Å². The molecule has 0 atom stereocenters. The van der Waals surface area contributed by atoms with Crippen LogP contribution in [0.5, 0.6) is 11.5 Å². The molecular formula is C22H19N3O4S. The lowest BCUT2D eigenvalue weighted by molar-refractivity contribution is -0.122. The number of nitrogens with one attached hydrogen (secondary N) is 1. The number of hydrogen-bond acceptors (Lipinski definition) is 6. The molecular weight excluding hydrogens is 402 g/mol. The quantitative estimate of drug-likeness (QED) is 0.453. The molecule has 1 aliphatic heterocycles. The third-order valence-electron chi connectivity index (χ3n) is 4.71. The van der Waals surface area contributed by atoms with Crippen LogP contribution >= 0.6 is 12.2 Å². The first kappa shape index (κ1) is 21.0. The third-order valence-corrected chi connectivity index (χ3v) is 4.99. The van der Waals surface area contributed by atoms with E-state index < -0.39 is 11.8 Å². The van der Waals surface area contributed by atoms with Crippen LogP contribution in [0.25, 0.3) is 6.08 Å². The van der Waals surface area contributed by atoms with Crippen LogP contribution in [0, 0.1) is 25.2 Å². The van der Waals surface area contributed by atoms with E-state index in [2.05, 4.69) is 5.32 Å². The van der Waals surface area contributed by atoms with Gasteiger partial charge >= 0.3 is 0 Å². The number of aryl methyl sites for hydroxylation is 1. The fourth-order valence-electron chi connectivity index (χ4n) is 3.02. The Morgan fingerprint density at radius 2 is 1.97 bits per heavy atom. The van der Waals surface area contributed by atoms with Crippen molar-refractivity contribution < 1.29 is 19.1 Å². The number of nitrogens with zero attached hydrogens (tertiary/aromatic N) is 2. The van der Waals surface area contributed by atoms with Crippen molar-refractivity contribution in [3.63, 3.8) is 0 Å². The monoisotopic (exact) mass is 421 g/mol. The molecule has 1 saturated heterocycles. The maximum atomic E-state index is 13.2. The van der Waals surface area contributed by atoms with Gasteiger partial charge in [0.25, 0.3) is 11.8 Å². The van der Waals surface area contributed by atoms with Gasteiger partial charge in [-0.3, -0.25) is 19.8 Å². The molecule has 0 spiro atoms. The van der Waals surface area contributed by atoms with E-state index in [0.717, 1.165) is 11.1 Å². The van der Waals surface area contributed by atoms with Crippen molar-refractivity contribution in [1.29, 1.82) is 5.26 Å². The van der Waals surface area contributed by atoms with Crippen molar-refractivity contribution in [1.82, 2.24) is 5.32 Å². The topological polar surface area (TPSA) is 91.7 Å². The van der Waals surface area contributed by atoms with E-state index in [4.69, 9.17) is 27.0 Å². The van der Waals surface area contributed by atoms with Crippen molar-refractivity contribution in [2.75, 3.05) is 18.6 Å². The Bertz CT molecular complexity index is 1120. The Morgan fingerprint density at radius 1 is 1.20 bits per heavy atom. The summed E-state index contributed by atoms with van der Waals surface area (Å²) in [5.74, 6) is -0.319. The lowest BCUT2D eigenvalue weighted by Gasteiger charge is -2.30. The molecule has 30 heavy (non-hydrogen) atoms. The molecule has 0 saturated carbocycles. The first-order chi connectivity index (χ1) is 14.4. The second kappa shape index (κ2) is 8.76. The van der Waals surface area contributed by atoms with Crippen LogP contribution in [-0.4, -0.2) is 30.6 Å². The average Bonchev–Trinajstić information content (AvgIpc) is 2.72. The zero-order chi connectivity index (χ0) is 21.8. The number of hydrogen-bond donors (Lipinski definition) is 1. The van der Waals surface area contributed by atoms with Gasteiger partial charge in [0.15, 0.2) is 23.2 Å². The Kier molecular flexibility index (Phi) is 6.14. The summed E-state index contributed by atoms with van der Waals surface area (Å²) in [7, 11) is 1.46. The first-order valence-electron chi connectivity index (χ1n) is 9.02. The number of anilines is 1. The largest absolute Gasteiger partial charge is 0.493 e. The Balaban J connectivity index is 2.01. The molecule has 3 rings (SSSR count). The summed E-state index contributed by atoms with van der Waals surface area (Å²) < 4.78 is 10.6. The molecule has 7 nitrogen and oxygen atoms in total. The van der Waals surface area contributed by atoms with Crippen molar-refractivity contribution in [2.24, 2.45) is 0 Å². The fraction of sp³-hybridized carbons (Fsp3) is 0.182. The van der Waals surface area contributed by atoms with E-state index in [1.807, 2.05) is 32.0 Å². The molecule has 8 heteroatoms. The molecule has 0 aliphatic carbocycles. The second-order valence-electron chi connectivity index (χ2n) is 6.53. The fourth-order valence-corrected chi connectivity index (χ4v) is 3.30. The molecule has 1 N–H and O–H groups in total. The molecule has 2 amide bonds. The van der Waals surface area contributed by atoms with E-state index >= 15 is 0 Å². The number of amides is 2. The van der Waals surface area contributed by atoms with Gasteiger partial charge in [0.1, 0.15) is 11.6 Å². The van der Waals surface area contributed by atoms with Gasteiger partial charge in [-0.1, -0.05) is 18.2 Å². The lowest BCUT2D eigenvalue weighted by atomic mass is 10.0. The number of benzene rings is 2. The summed E-state index contributed by atoms with van der Waals surface area (Å²) in [5, 5.41) is 11.3. The minimum Gasteiger partial charge on any atom is -0.493 e. The molecule has 0 aromatic heterocycles. The Hall–Kier alpha value is -3.70. The smallest absolute Gasteiger partial charge is 0.270 e. The van der Waals surface area contributed by atoms with E-state index in [1.165, 1.54) is 18.1 Å². The standard InChI is InChI=1S/C22H19N3O4S/c1-13-5-4-6-17(14(13)2)25-21(27)16(20(26)24-22(25)30)11-15-7-8-18(29-10-9-23)19(12-15)28-3/h4-8,11-12H,10H2,1-3H3,(H,24,26,30)/b16-11+. The molecule has 0 bridgehead atoms. The number of methoxy groups -OCH3 is 1. The van der Waals surface area contributed by atoms with Crippen LogP contribution in [0.15, 0.2) is 42.0 Å². The number of carbonyl (C=O) groups excluding carboxylic acids is 2. The van der Waals surface area contributed by atoms with Gasteiger partial charge in [0.05, 0.1) is 12.8 Å². The van der Waals surface area contributed by atoms with Gasteiger partial charge in [-0.15, -0.1) is 0 Å². The molecule has 1 heterocycles. The molecule has 1 fully saturated rings. The van der Waals surface area contributed by atoms with E-state index in [1.54, 1.807) is 24.3 Å². The SMILES string of the molecule is COc1cc(/C=C2\C(=O)NC(=S)N(c3cccc(C)c3C)C2=O)ccc1OCC#N. The highest BCUT2D eigenvalue weighted by Crippen LogP contribution is 2.30. The molecule has 0 radical (unpaired) electrons. The normalized spacial score (nSPS) is 15.1. The highest BCUT2D eigenvalue weighted by molar-refractivity contribution is 7.80. The van der Waals surface area contributed by atoms with Crippen LogP contribution in [-0.2, 0) is 9.59 Å². The molecule has 0 unspecified atom stereocenters. The van der Waals surface area contributed by atoms with Crippen molar-refractivity contribution >= 4 is 40.9 Å². The number of thiocarbonyl (C=S) groups is 1. The maximum Gasteiger partial charge on any atom is 0.270 e. The van der Waals surface area contributed by atoms with Gasteiger partial charge in [-0.05, 0) is 67.0 Å². The average molecular weight is 421 g/mol. The van der Waals surface area contributed by atoms with Crippen molar-refractivity contribution in [3.05, 3.63) is 58.7 Å². The molecule has 1 aliphatic rings. The summed E-state index contributed by atoms with van der Waals surface area (Å²) in [6.07, 6.45) is 1.47. The summed E-state index contributed by atoms with van der Waals surface area (Å²) in [4.78, 5) is 27.0. The predicted molar refractivity (Wildman–Crippen MR) is 116 cm³/mol. The van der Waals surface area contributed by atoms with E-state index in [9.17, 15) is 9.59 Å². The zero-order valence-corrected chi connectivity index (χ0v) is 17.5. The van der Waals surface area contributed by atoms with Crippen LogP contribution in [0.3, 0.4) is 0 Å². The van der Waals surface area contributed by atoms with Crippen LogP contribution < -0.4 is 19.7 Å². The van der Waals surface area contributed by atoms with Gasteiger partial charge in [-0.2, -0.15) is 5.26 Å². The highest BCUT2D eigenvalue weighted by Gasteiger charge is 2.35. The minimum atomic E-state index is -0.574. The Labute approximate surface area is 179 Å². The van der Waals surface area contributed by atoms with Gasteiger partial charge in [0.2, 0.25) is 0 Å². The molecule has 152 valence electrons. The Morgan fingerprint density at radius 3 is 2.67 bits per heavy atom. The number of nitriles is 1. The van der Waals surface area contributed by atoms with Gasteiger partial charge in [-0.25, -0.2) is 0 Å². The summed E-state index contributed by atoms with van der Waals surface area (Å²) in [6, 6.07) is 12.3. The summed E-state index contributed by atoms with van der Waals surface area (Å²) in [5.41, 5.74) is 3.02. The van der Waals surface area contributed by atoms with E-state index in [0.29, 0.717) is 22.7 Å². The molecule has 2 aromatic carbocycles. The summed E-state index contributed by atoms with van der Waals surface area (Å²) >= 11 is 5.26. The highest BCUT2D eigenvalue weighted by atomic mass is 32.1. The predicted octanol–water partition coefficient (Wildman–Crippen LogP) is 3.05. The van der Waals surface area contributed by atoms with Gasteiger partial charge in [0, 0.05) is 0 Å². The van der Waals surface area contributed by atoms with Gasteiger partial charge < -0.3 is 9.47 Å². The number of ether oxygens (including phenoxy) is 2. The molecule has 2 aromatic rings.